The smallest absolute Gasteiger partial charge is 0.170 e. The molecule has 1 N–H and O–H groups in total. The standard InChI is InChI=1S/C22H26N4O2S/c1-15-13-18(16(2)26(15)14-17-7-6-11-28-17)21-20(19-8-4-5-9-23-19)24-22(29)25(21)10-12-27-3/h4-9,11,13,20-21H,10,12,14H2,1-3H3,(H,24,29)/t20-,21-/m1/s1. The zero-order valence-electron chi connectivity index (χ0n) is 17.0. The summed E-state index contributed by atoms with van der Waals surface area (Å²) in [5, 5.41) is 4.23. The normalized spacial score (nSPS) is 19.0. The highest BCUT2D eigenvalue weighted by Gasteiger charge is 2.41. The van der Waals surface area contributed by atoms with Gasteiger partial charge < -0.3 is 23.9 Å². The minimum absolute atomic E-state index is 0.0156. The number of hydrogen-bond donors (Lipinski definition) is 1. The van der Waals surface area contributed by atoms with Crippen LogP contribution in [0.2, 0.25) is 0 Å². The fraction of sp³-hybridized carbons (Fsp3) is 0.364. The van der Waals surface area contributed by atoms with Gasteiger partial charge in [0, 0.05) is 31.2 Å². The van der Waals surface area contributed by atoms with Crippen molar-refractivity contribution in [2.45, 2.75) is 32.5 Å². The van der Waals surface area contributed by atoms with Gasteiger partial charge in [-0.2, -0.15) is 0 Å². The van der Waals surface area contributed by atoms with E-state index in [0.717, 1.165) is 23.1 Å². The Kier molecular flexibility index (Phi) is 5.69. The van der Waals surface area contributed by atoms with E-state index in [1.165, 1.54) is 17.0 Å². The maximum atomic E-state index is 5.69. The van der Waals surface area contributed by atoms with Crippen LogP contribution in [0.15, 0.2) is 53.3 Å². The van der Waals surface area contributed by atoms with Gasteiger partial charge in [0.1, 0.15) is 5.76 Å². The lowest BCUT2D eigenvalue weighted by Crippen LogP contribution is -2.32. The molecule has 0 unspecified atom stereocenters. The summed E-state index contributed by atoms with van der Waals surface area (Å²) >= 11 is 5.69. The number of methoxy groups -OCH3 is 1. The highest BCUT2D eigenvalue weighted by atomic mass is 32.1. The number of aryl methyl sites for hydroxylation is 1. The number of nitrogens with zero attached hydrogens (tertiary/aromatic N) is 3. The molecule has 0 radical (unpaired) electrons. The minimum Gasteiger partial charge on any atom is -0.467 e. The first-order valence-electron chi connectivity index (χ1n) is 9.76. The van der Waals surface area contributed by atoms with Gasteiger partial charge in [-0.25, -0.2) is 0 Å². The molecular formula is C22H26N4O2S. The summed E-state index contributed by atoms with van der Waals surface area (Å²) in [6.07, 6.45) is 3.54. The van der Waals surface area contributed by atoms with E-state index < -0.39 is 0 Å². The summed E-state index contributed by atoms with van der Waals surface area (Å²) in [5.41, 5.74) is 4.63. The molecule has 2 atom stereocenters. The average molecular weight is 411 g/mol. The Hall–Kier alpha value is -2.64. The van der Waals surface area contributed by atoms with E-state index in [0.29, 0.717) is 13.2 Å². The molecule has 0 aromatic carbocycles. The maximum absolute atomic E-state index is 5.69. The number of aromatic nitrogens is 2. The number of thiocarbonyl (C=S) groups is 1. The Morgan fingerprint density at radius 1 is 1.24 bits per heavy atom. The van der Waals surface area contributed by atoms with Crippen molar-refractivity contribution < 1.29 is 9.15 Å². The van der Waals surface area contributed by atoms with Gasteiger partial charge in [-0.05, 0) is 62.0 Å². The van der Waals surface area contributed by atoms with E-state index in [1.54, 1.807) is 13.4 Å². The first-order chi connectivity index (χ1) is 14.1. The van der Waals surface area contributed by atoms with E-state index in [2.05, 4.69) is 45.7 Å². The molecule has 3 aromatic heterocycles. The van der Waals surface area contributed by atoms with E-state index >= 15 is 0 Å². The molecule has 0 saturated carbocycles. The molecule has 0 amide bonds. The van der Waals surface area contributed by atoms with Gasteiger partial charge in [0.05, 0.1) is 37.2 Å². The summed E-state index contributed by atoms with van der Waals surface area (Å²) in [5.74, 6) is 0.941. The Morgan fingerprint density at radius 3 is 2.79 bits per heavy atom. The second kappa shape index (κ2) is 8.39. The van der Waals surface area contributed by atoms with Crippen LogP contribution in [-0.2, 0) is 11.3 Å². The van der Waals surface area contributed by atoms with Gasteiger partial charge in [0.15, 0.2) is 5.11 Å². The van der Waals surface area contributed by atoms with Gasteiger partial charge in [0.2, 0.25) is 0 Å². The lowest BCUT2D eigenvalue weighted by Gasteiger charge is -2.28. The topological polar surface area (TPSA) is 55.5 Å². The van der Waals surface area contributed by atoms with E-state index in [4.69, 9.17) is 21.4 Å². The van der Waals surface area contributed by atoms with Gasteiger partial charge in [-0.3, -0.25) is 4.98 Å². The van der Waals surface area contributed by atoms with E-state index in [1.807, 2.05) is 30.5 Å². The van der Waals surface area contributed by atoms with Crippen molar-refractivity contribution in [3.05, 3.63) is 77.3 Å². The predicted octanol–water partition coefficient (Wildman–Crippen LogP) is 3.76. The molecule has 6 nitrogen and oxygen atoms in total. The fourth-order valence-corrected chi connectivity index (χ4v) is 4.44. The van der Waals surface area contributed by atoms with Gasteiger partial charge in [0.25, 0.3) is 0 Å². The highest BCUT2D eigenvalue weighted by molar-refractivity contribution is 7.80. The fourth-order valence-electron chi connectivity index (χ4n) is 4.10. The Morgan fingerprint density at radius 2 is 2.10 bits per heavy atom. The highest BCUT2D eigenvalue weighted by Crippen LogP contribution is 2.40. The van der Waals surface area contributed by atoms with Crippen LogP contribution < -0.4 is 5.32 Å². The summed E-state index contributed by atoms with van der Waals surface area (Å²) in [7, 11) is 1.72. The molecule has 1 saturated heterocycles. The van der Waals surface area contributed by atoms with Gasteiger partial charge >= 0.3 is 0 Å². The number of nitrogens with one attached hydrogen (secondary N) is 1. The van der Waals surface area contributed by atoms with Crippen LogP contribution in [0.25, 0.3) is 0 Å². The average Bonchev–Trinajstić information content (AvgIpc) is 3.42. The number of furan rings is 1. The molecule has 0 spiro atoms. The van der Waals surface area contributed by atoms with Crippen LogP contribution in [0.4, 0.5) is 0 Å². The minimum atomic E-state index is -0.0156. The Bertz CT molecular complexity index is 968. The molecule has 152 valence electrons. The Labute approximate surface area is 176 Å². The Balaban J connectivity index is 1.74. The number of hydrogen-bond acceptors (Lipinski definition) is 4. The van der Waals surface area contributed by atoms with Crippen LogP contribution in [0.3, 0.4) is 0 Å². The lowest BCUT2D eigenvalue weighted by molar-refractivity contribution is 0.164. The first kappa shape index (κ1) is 19.7. The summed E-state index contributed by atoms with van der Waals surface area (Å²) in [6.45, 7) is 6.34. The van der Waals surface area contributed by atoms with Crippen LogP contribution in [0.5, 0.6) is 0 Å². The van der Waals surface area contributed by atoms with Crippen LogP contribution in [0.1, 0.15) is 40.5 Å². The molecule has 1 fully saturated rings. The first-order valence-corrected chi connectivity index (χ1v) is 10.2. The van der Waals surface area contributed by atoms with E-state index in [-0.39, 0.29) is 12.1 Å². The van der Waals surface area contributed by atoms with Crippen LogP contribution >= 0.6 is 12.2 Å². The third-order valence-corrected chi connectivity index (χ3v) is 5.91. The van der Waals surface area contributed by atoms with Crippen molar-refractivity contribution in [3.8, 4) is 0 Å². The second-order valence-electron chi connectivity index (χ2n) is 7.30. The van der Waals surface area contributed by atoms with Crippen molar-refractivity contribution in [2.24, 2.45) is 0 Å². The number of pyridine rings is 1. The van der Waals surface area contributed by atoms with Gasteiger partial charge in [-0.1, -0.05) is 6.07 Å². The SMILES string of the molecule is COCCN1C(=S)N[C@H](c2ccccn2)[C@H]1c1cc(C)n(Cc2ccco2)c1C. The second-order valence-corrected chi connectivity index (χ2v) is 7.69. The maximum Gasteiger partial charge on any atom is 0.170 e. The molecule has 0 bridgehead atoms. The molecule has 1 aliphatic heterocycles. The van der Waals surface area contributed by atoms with Crippen molar-refractivity contribution in [1.82, 2.24) is 19.8 Å². The van der Waals surface area contributed by atoms with Crippen molar-refractivity contribution >= 4 is 17.3 Å². The van der Waals surface area contributed by atoms with Gasteiger partial charge in [-0.15, -0.1) is 0 Å². The summed E-state index contributed by atoms with van der Waals surface area (Å²) in [6, 6.07) is 12.2. The number of rotatable bonds is 7. The lowest BCUT2D eigenvalue weighted by atomic mass is 9.97. The summed E-state index contributed by atoms with van der Waals surface area (Å²) in [4.78, 5) is 6.82. The molecule has 1 aliphatic rings. The van der Waals surface area contributed by atoms with Crippen molar-refractivity contribution in [3.63, 3.8) is 0 Å². The third-order valence-electron chi connectivity index (χ3n) is 5.56. The summed E-state index contributed by atoms with van der Waals surface area (Å²) < 4.78 is 13.2. The predicted molar refractivity (Wildman–Crippen MR) is 116 cm³/mol. The van der Waals surface area contributed by atoms with Crippen molar-refractivity contribution in [2.75, 3.05) is 20.3 Å². The molecule has 4 rings (SSSR count). The molecule has 29 heavy (non-hydrogen) atoms. The van der Waals surface area contributed by atoms with Crippen molar-refractivity contribution in [1.29, 1.82) is 0 Å². The molecule has 0 aliphatic carbocycles. The van der Waals surface area contributed by atoms with Crippen LogP contribution in [0, 0.1) is 13.8 Å². The zero-order chi connectivity index (χ0) is 20.4. The molecular weight excluding hydrogens is 384 g/mol. The molecule has 4 heterocycles. The third kappa shape index (κ3) is 3.80. The van der Waals surface area contributed by atoms with Crippen LogP contribution in [-0.4, -0.2) is 39.8 Å². The monoisotopic (exact) mass is 410 g/mol. The number of ether oxygens (including phenoxy) is 1. The molecule has 3 aromatic rings. The largest absolute Gasteiger partial charge is 0.467 e. The van der Waals surface area contributed by atoms with E-state index in [9.17, 15) is 0 Å². The quantitative estimate of drug-likeness (QED) is 0.599. The zero-order valence-corrected chi connectivity index (χ0v) is 17.8. The molecule has 7 heteroatoms.